The smallest absolute Gasteiger partial charge is 0.214 e. The zero-order chi connectivity index (χ0) is 9.73. The Morgan fingerprint density at radius 1 is 1.21 bits per heavy atom. The van der Waals surface area contributed by atoms with Crippen molar-refractivity contribution in [3.8, 4) is 0 Å². The zero-order valence-corrected chi connectivity index (χ0v) is 9.87. The predicted octanol–water partition coefficient (Wildman–Crippen LogP) is 0.619. The molecule has 6 heteroatoms. The third-order valence-corrected chi connectivity index (χ3v) is 4.39. The topological polar surface area (TPSA) is 72.2 Å². The lowest BCUT2D eigenvalue weighted by molar-refractivity contribution is 0.478. The van der Waals surface area contributed by atoms with Gasteiger partial charge in [-0.1, -0.05) is 19.3 Å². The van der Waals surface area contributed by atoms with Gasteiger partial charge in [0, 0.05) is 13.1 Å². The summed E-state index contributed by atoms with van der Waals surface area (Å²) < 4.78 is 25.7. The van der Waals surface area contributed by atoms with Crippen LogP contribution in [0.4, 0.5) is 0 Å². The molecule has 0 heterocycles. The van der Waals surface area contributed by atoms with Crippen LogP contribution in [0.15, 0.2) is 0 Å². The Bertz CT molecular complexity index is 238. The van der Waals surface area contributed by atoms with Crippen LogP contribution >= 0.6 is 12.4 Å². The summed E-state index contributed by atoms with van der Waals surface area (Å²) in [6.45, 7) is 0.727. The van der Waals surface area contributed by atoms with Crippen molar-refractivity contribution in [2.24, 2.45) is 5.73 Å². The highest BCUT2D eigenvalue weighted by atomic mass is 35.5. The molecule has 0 radical (unpaired) electrons. The van der Waals surface area contributed by atoms with Gasteiger partial charge < -0.3 is 5.73 Å². The van der Waals surface area contributed by atoms with Crippen LogP contribution < -0.4 is 10.5 Å². The van der Waals surface area contributed by atoms with E-state index in [1.54, 1.807) is 0 Å². The lowest BCUT2D eigenvalue weighted by atomic mass is 10.0. The second-order valence-electron chi connectivity index (χ2n) is 3.49. The number of hydrogen-bond donors (Lipinski definition) is 2. The van der Waals surface area contributed by atoms with Crippen LogP contribution in [0.1, 0.15) is 32.1 Å². The maximum atomic E-state index is 11.6. The average Bonchev–Trinajstić information content (AvgIpc) is 2.16. The van der Waals surface area contributed by atoms with Crippen molar-refractivity contribution >= 4 is 22.4 Å². The molecule has 1 fully saturated rings. The highest BCUT2D eigenvalue weighted by molar-refractivity contribution is 7.90. The zero-order valence-electron chi connectivity index (χ0n) is 8.24. The lowest BCUT2D eigenvalue weighted by Crippen LogP contribution is -2.38. The molecule has 0 spiro atoms. The number of nitrogens with two attached hydrogens (primary N) is 1. The van der Waals surface area contributed by atoms with Gasteiger partial charge in [-0.2, -0.15) is 0 Å². The van der Waals surface area contributed by atoms with Crippen molar-refractivity contribution in [3.63, 3.8) is 0 Å². The molecule has 0 amide bonds. The van der Waals surface area contributed by atoms with Crippen molar-refractivity contribution in [2.75, 3.05) is 13.1 Å². The molecular formula is C8H19ClN2O2S. The largest absolute Gasteiger partial charge is 0.329 e. The fourth-order valence-corrected chi connectivity index (χ4v) is 3.29. The van der Waals surface area contributed by atoms with Gasteiger partial charge in [0.05, 0.1) is 5.25 Å². The van der Waals surface area contributed by atoms with Crippen molar-refractivity contribution in [1.29, 1.82) is 0 Å². The second-order valence-corrected chi connectivity index (χ2v) is 5.53. The van der Waals surface area contributed by atoms with E-state index in [9.17, 15) is 8.42 Å². The van der Waals surface area contributed by atoms with E-state index >= 15 is 0 Å². The summed E-state index contributed by atoms with van der Waals surface area (Å²) >= 11 is 0. The first kappa shape index (κ1) is 14.2. The lowest BCUT2D eigenvalue weighted by Gasteiger charge is -2.21. The van der Waals surface area contributed by atoms with Crippen molar-refractivity contribution in [1.82, 2.24) is 4.72 Å². The number of nitrogens with one attached hydrogen (secondary N) is 1. The molecule has 1 aliphatic carbocycles. The van der Waals surface area contributed by atoms with Crippen molar-refractivity contribution in [2.45, 2.75) is 37.4 Å². The monoisotopic (exact) mass is 242 g/mol. The standard InChI is InChI=1S/C8H18N2O2S.ClH/c9-6-7-10-13(11,12)8-4-2-1-3-5-8;/h8,10H,1-7,9H2;1H. The first-order valence-electron chi connectivity index (χ1n) is 4.85. The molecule has 1 rings (SSSR count). The third kappa shape index (κ3) is 4.13. The molecule has 0 aromatic rings. The number of halogens is 1. The van der Waals surface area contributed by atoms with Crippen LogP contribution in [0, 0.1) is 0 Å². The van der Waals surface area contributed by atoms with Crippen LogP contribution in [0.2, 0.25) is 0 Å². The van der Waals surface area contributed by atoms with Gasteiger partial charge in [0.15, 0.2) is 0 Å². The Balaban J connectivity index is 0.00000169. The summed E-state index contributed by atoms with van der Waals surface area (Å²) in [7, 11) is -3.08. The molecule has 0 saturated heterocycles. The molecule has 0 aromatic carbocycles. The predicted molar refractivity (Wildman–Crippen MR) is 60.1 cm³/mol. The molecule has 4 nitrogen and oxygen atoms in total. The quantitative estimate of drug-likeness (QED) is 0.759. The van der Waals surface area contributed by atoms with Gasteiger partial charge in [-0.3, -0.25) is 0 Å². The van der Waals surface area contributed by atoms with Gasteiger partial charge in [0.25, 0.3) is 0 Å². The fourth-order valence-electron chi connectivity index (χ4n) is 1.69. The molecule has 0 aromatic heterocycles. The molecule has 0 aliphatic heterocycles. The van der Waals surface area contributed by atoms with E-state index in [-0.39, 0.29) is 17.7 Å². The van der Waals surface area contributed by atoms with E-state index in [0.29, 0.717) is 13.1 Å². The Labute approximate surface area is 92.1 Å². The first-order chi connectivity index (χ1) is 6.17. The SMILES string of the molecule is Cl.NCCNS(=O)(=O)C1CCCCC1. The maximum absolute atomic E-state index is 11.6. The summed E-state index contributed by atoms with van der Waals surface area (Å²) in [5.41, 5.74) is 5.24. The summed E-state index contributed by atoms with van der Waals surface area (Å²) in [4.78, 5) is 0. The molecule has 3 N–H and O–H groups in total. The van der Waals surface area contributed by atoms with Gasteiger partial charge in [-0.25, -0.2) is 13.1 Å². The molecule has 0 atom stereocenters. The first-order valence-corrected chi connectivity index (χ1v) is 6.40. The molecule has 1 aliphatic rings. The van der Waals surface area contributed by atoms with E-state index < -0.39 is 10.0 Å². The summed E-state index contributed by atoms with van der Waals surface area (Å²) in [6.07, 6.45) is 4.85. The average molecular weight is 243 g/mol. The van der Waals surface area contributed by atoms with Crippen LogP contribution in [-0.4, -0.2) is 26.8 Å². The summed E-state index contributed by atoms with van der Waals surface area (Å²) in [6, 6.07) is 0. The van der Waals surface area contributed by atoms with Gasteiger partial charge in [-0.05, 0) is 12.8 Å². The molecule has 1 saturated carbocycles. The minimum Gasteiger partial charge on any atom is -0.329 e. The van der Waals surface area contributed by atoms with E-state index in [1.165, 1.54) is 6.42 Å². The number of rotatable bonds is 4. The van der Waals surface area contributed by atoms with Crippen LogP contribution in [0.25, 0.3) is 0 Å². The second kappa shape index (κ2) is 6.61. The van der Waals surface area contributed by atoms with E-state index in [2.05, 4.69) is 4.72 Å². The van der Waals surface area contributed by atoms with E-state index in [1.807, 2.05) is 0 Å². The van der Waals surface area contributed by atoms with Crippen molar-refractivity contribution in [3.05, 3.63) is 0 Å². The molecule has 14 heavy (non-hydrogen) atoms. The Kier molecular flexibility index (Phi) is 6.68. The van der Waals surface area contributed by atoms with E-state index in [0.717, 1.165) is 25.7 Å². The fraction of sp³-hybridized carbons (Fsp3) is 1.00. The Morgan fingerprint density at radius 3 is 2.29 bits per heavy atom. The normalized spacial score (nSPS) is 18.9. The van der Waals surface area contributed by atoms with Crippen LogP contribution in [0.3, 0.4) is 0 Å². The summed E-state index contributed by atoms with van der Waals surface area (Å²) in [5.74, 6) is 0. The maximum Gasteiger partial charge on any atom is 0.214 e. The van der Waals surface area contributed by atoms with Gasteiger partial charge in [-0.15, -0.1) is 12.4 Å². The highest BCUT2D eigenvalue weighted by Crippen LogP contribution is 2.22. The van der Waals surface area contributed by atoms with Crippen molar-refractivity contribution < 1.29 is 8.42 Å². The van der Waals surface area contributed by atoms with Gasteiger partial charge >= 0.3 is 0 Å². The summed E-state index contributed by atoms with van der Waals surface area (Å²) in [5, 5.41) is -0.173. The molecule has 86 valence electrons. The molecular weight excluding hydrogens is 224 g/mol. The minimum absolute atomic E-state index is 0. The van der Waals surface area contributed by atoms with Crippen LogP contribution in [-0.2, 0) is 10.0 Å². The molecule has 0 unspecified atom stereocenters. The Morgan fingerprint density at radius 2 is 1.79 bits per heavy atom. The van der Waals surface area contributed by atoms with Gasteiger partial charge in [0.2, 0.25) is 10.0 Å². The molecule has 0 bridgehead atoms. The van der Waals surface area contributed by atoms with Gasteiger partial charge in [0.1, 0.15) is 0 Å². The van der Waals surface area contributed by atoms with E-state index in [4.69, 9.17) is 5.73 Å². The number of hydrogen-bond acceptors (Lipinski definition) is 3. The van der Waals surface area contributed by atoms with Crippen LogP contribution in [0.5, 0.6) is 0 Å². The minimum atomic E-state index is -3.08. The number of sulfonamides is 1. The highest BCUT2D eigenvalue weighted by Gasteiger charge is 2.26. The Hall–Kier alpha value is 0.160. The third-order valence-electron chi connectivity index (χ3n) is 2.44.